The number of nitrogens with zero attached hydrogens (tertiary/aromatic N) is 8. The molecule has 0 spiro atoms. The van der Waals surface area contributed by atoms with E-state index in [0.717, 1.165) is 0 Å². The van der Waals surface area contributed by atoms with Gasteiger partial charge in [-0.2, -0.15) is 15.0 Å². The summed E-state index contributed by atoms with van der Waals surface area (Å²) in [4.78, 5) is 49.0. The van der Waals surface area contributed by atoms with E-state index < -0.39 is 12.1 Å². The standard InChI is InChI=1S/C19H24F2N10O3/c20-15(21)14-12(9-24-17(22)25-14)16-26-18(28-19(27-16)31-5-7-34-8-6-31)30-3-1-29(2-4-30)13(33)10-23-11-32/h9,11,15H,1-8,10H2,(H,23,32)(H2,22,24,25). The highest BCUT2D eigenvalue weighted by molar-refractivity contribution is 5.80. The minimum absolute atomic E-state index is 0.00970. The Kier molecular flexibility index (Phi) is 7.20. The smallest absolute Gasteiger partial charge is 0.281 e. The summed E-state index contributed by atoms with van der Waals surface area (Å²) in [5.74, 6) is 0.162. The Morgan fingerprint density at radius 1 is 1.06 bits per heavy atom. The van der Waals surface area contributed by atoms with Crippen LogP contribution in [0.5, 0.6) is 0 Å². The Bertz CT molecular complexity index is 1030. The van der Waals surface area contributed by atoms with E-state index in [-0.39, 0.29) is 29.8 Å². The number of hydrogen-bond acceptors (Lipinski definition) is 11. The fourth-order valence-corrected chi connectivity index (χ4v) is 3.67. The first-order chi connectivity index (χ1) is 16.5. The van der Waals surface area contributed by atoms with Crippen LogP contribution in [0.1, 0.15) is 12.1 Å². The molecule has 0 unspecified atom stereocenters. The summed E-state index contributed by atoms with van der Waals surface area (Å²) in [6.45, 7) is 3.58. The van der Waals surface area contributed by atoms with Crippen molar-refractivity contribution in [2.45, 2.75) is 6.43 Å². The number of rotatable bonds is 7. The molecule has 0 bridgehead atoms. The zero-order valence-electron chi connectivity index (χ0n) is 18.2. The minimum atomic E-state index is -2.90. The van der Waals surface area contributed by atoms with Crippen LogP contribution in [0, 0.1) is 0 Å². The Morgan fingerprint density at radius 2 is 1.71 bits per heavy atom. The third-order valence-electron chi connectivity index (χ3n) is 5.44. The third-order valence-corrected chi connectivity index (χ3v) is 5.44. The van der Waals surface area contributed by atoms with Gasteiger partial charge in [-0.05, 0) is 0 Å². The molecule has 2 aromatic heterocycles. The average molecular weight is 478 g/mol. The Labute approximate surface area is 193 Å². The summed E-state index contributed by atoms with van der Waals surface area (Å²) in [5.41, 5.74) is 4.92. The summed E-state index contributed by atoms with van der Waals surface area (Å²) >= 11 is 0. The molecule has 4 heterocycles. The lowest BCUT2D eigenvalue weighted by atomic mass is 10.2. The van der Waals surface area contributed by atoms with E-state index in [9.17, 15) is 18.4 Å². The fraction of sp³-hybridized carbons (Fsp3) is 0.526. The molecule has 34 heavy (non-hydrogen) atoms. The molecule has 2 aromatic rings. The number of ether oxygens (including phenoxy) is 1. The van der Waals surface area contributed by atoms with Gasteiger partial charge in [-0.25, -0.2) is 18.7 Å². The van der Waals surface area contributed by atoms with Gasteiger partial charge in [0, 0.05) is 45.5 Å². The Morgan fingerprint density at radius 3 is 2.32 bits per heavy atom. The number of nitrogens with two attached hydrogens (primary N) is 1. The van der Waals surface area contributed by atoms with Crippen molar-refractivity contribution in [3.05, 3.63) is 11.9 Å². The van der Waals surface area contributed by atoms with Crippen molar-refractivity contribution < 1.29 is 23.1 Å². The van der Waals surface area contributed by atoms with Gasteiger partial charge < -0.3 is 30.5 Å². The van der Waals surface area contributed by atoms with Crippen LogP contribution < -0.4 is 20.9 Å². The zero-order valence-corrected chi connectivity index (χ0v) is 18.2. The monoisotopic (exact) mass is 478 g/mol. The van der Waals surface area contributed by atoms with Gasteiger partial charge >= 0.3 is 0 Å². The highest BCUT2D eigenvalue weighted by atomic mass is 19.3. The topological polar surface area (TPSA) is 156 Å². The SMILES string of the molecule is Nc1ncc(-c2nc(N3CCOCC3)nc(N3CCN(C(=O)CNC=O)CC3)n2)c(C(F)F)n1. The lowest BCUT2D eigenvalue weighted by Crippen LogP contribution is -2.51. The quantitative estimate of drug-likeness (QED) is 0.475. The van der Waals surface area contributed by atoms with E-state index in [1.807, 2.05) is 9.80 Å². The van der Waals surface area contributed by atoms with E-state index in [0.29, 0.717) is 70.8 Å². The van der Waals surface area contributed by atoms with Gasteiger partial charge in [-0.1, -0.05) is 0 Å². The van der Waals surface area contributed by atoms with Gasteiger partial charge in [0.25, 0.3) is 6.43 Å². The number of piperazine rings is 1. The van der Waals surface area contributed by atoms with Gasteiger partial charge in [0.1, 0.15) is 5.69 Å². The first kappa shape index (κ1) is 23.4. The third kappa shape index (κ3) is 5.24. The molecule has 0 aliphatic carbocycles. The fourth-order valence-electron chi connectivity index (χ4n) is 3.67. The van der Waals surface area contributed by atoms with Gasteiger partial charge in [0.15, 0.2) is 5.82 Å². The van der Waals surface area contributed by atoms with Crippen LogP contribution in [0.3, 0.4) is 0 Å². The number of anilines is 3. The molecule has 2 fully saturated rings. The van der Waals surface area contributed by atoms with Crippen molar-refractivity contribution >= 4 is 30.2 Å². The number of hydrogen-bond donors (Lipinski definition) is 2. The first-order valence-corrected chi connectivity index (χ1v) is 10.7. The minimum Gasteiger partial charge on any atom is -0.378 e. The van der Waals surface area contributed by atoms with Crippen molar-refractivity contribution in [2.75, 3.05) is 74.6 Å². The molecule has 13 nitrogen and oxygen atoms in total. The summed E-state index contributed by atoms with van der Waals surface area (Å²) in [6, 6.07) is 0. The number of aromatic nitrogens is 5. The molecule has 0 radical (unpaired) electrons. The molecular weight excluding hydrogens is 454 g/mol. The number of carbonyl (C=O) groups excluding carboxylic acids is 2. The van der Waals surface area contributed by atoms with Crippen LogP contribution >= 0.6 is 0 Å². The van der Waals surface area contributed by atoms with E-state index in [2.05, 4.69) is 30.2 Å². The molecule has 15 heteroatoms. The van der Waals surface area contributed by atoms with Crippen LogP contribution in [0.15, 0.2) is 6.20 Å². The maximum atomic E-state index is 13.7. The molecule has 2 aliphatic rings. The second-order valence-electron chi connectivity index (χ2n) is 7.55. The maximum absolute atomic E-state index is 13.7. The van der Waals surface area contributed by atoms with Crippen LogP contribution in [-0.2, 0) is 14.3 Å². The molecular formula is C19H24F2N10O3. The van der Waals surface area contributed by atoms with Crippen LogP contribution in [0.2, 0.25) is 0 Å². The lowest BCUT2D eigenvalue weighted by Gasteiger charge is -2.35. The number of nitrogens with one attached hydrogen (secondary N) is 1. The van der Waals surface area contributed by atoms with Crippen LogP contribution in [0.25, 0.3) is 11.4 Å². The van der Waals surface area contributed by atoms with Gasteiger partial charge in [-0.15, -0.1) is 0 Å². The number of carbonyl (C=O) groups is 2. The second-order valence-corrected chi connectivity index (χ2v) is 7.55. The predicted octanol–water partition coefficient (Wildman–Crippen LogP) is -0.920. The highest BCUT2D eigenvalue weighted by Crippen LogP contribution is 2.29. The molecule has 0 saturated carbocycles. The number of morpholine rings is 1. The summed E-state index contributed by atoms with van der Waals surface area (Å²) in [7, 11) is 0. The van der Waals surface area contributed by atoms with Crippen molar-refractivity contribution in [3.8, 4) is 11.4 Å². The predicted molar refractivity (Wildman–Crippen MR) is 116 cm³/mol. The average Bonchev–Trinajstić information content (AvgIpc) is 2.87. The van der Waals surface area contributed by atoms with Crippen molar-refractivity contribution in [1.82, 2.24) is 35.1 Å². The number of alkyl halides is 2. The molecule has 0 aromatic carbocycles. The largest absolute Gasteiger partial charge is 0.378 e. The first-order valence-electron chi connectivity index (χ1n) is 10.7. The van der Waals surface area contributed by atoms with E-state index in [4.69, 9.17) is 10.5 Å². The van der Waals surface area contributed by atoms with E-state index >= 15 is 0 Å². The molecule has 2 amide bonds. The Hall–Kier alpha value is -3.75. The highest BCUT2D eigenvalue weighted by Gasteiger charge is 2.27. The van der Waals surface area contributed by atoms with Gasteiger partial charge in [0.2, 0.25) is 30.2 Å². The summed E-state index contributed by atoms with van der Waals surface area (Å²) in [6.07, 6.45) is -1.24. The number of halogens is 2. The number of nitrogen functional groups attached to an aromatic ring is 1. The van der Waals surface area contributed by atoms with Gasteiger partial charge in [0.05, 0.1) is 25.3 Å². The van der Waals surface area contributed by atoms with Crippen LogP contribution in [-0.4, -0.2) is 101 Å². The second kappa shape index (κ2) is 10.5. The lowest BCUT2D eigenvalue weighted by molar-refractivity contribution is -0.131. The van der Waals surface area contributed by atoms with Crippen molar-refractivity contribution in [3.63, 3.8) is 0 Å². The van der Waals surface area contributed by atoms with E-state index in [1.165, 1.54) is 6.20 Å². The molecule has 2 aliphatic heterocycles. The maximum Gasteiger partial charge on any atom is 0.281 e. The molecule has 4 rings (SSSR count). The number of amides is 2. The van der Waals surface area contributed by atoms with Crippen molar-refractivity contribution in [1.29, 1.82) is 0 Å². The van der Waals surface area contributed by atoms with Gasteiger partial charge in [-0.3, -0.25) is 9.59 Å². The van der Waals surface area contributed by atoms with Crippen LogP contribution in [0.4, 0.5) is 26.6 Å². The molecule has 182 valence electrons. The summed E-state index contributed by atoms with van der Waals surface area (Å²) in [5, 5.41) is 2.36. The van der Waals surface area contributed by atoms with Crippen molar-refractivity contribution in [2.24, 2.45) is 0 Å². The van der Waals surface area contributed by atoms with E-state index in [1.54, 1.807) is 4.90 Å². The molecule has 3 N–H and O–H groups in total. The summed E-state index contributed by atoms with van der Waals surface area (Å²) < 4.78 is 32.8. The zero-order chi connectivity index (χ0) is 24.1. The molecule has 0 atom stereocenters. The Balaban J connectivity index is 1.64. The molecule has 2 saturated heterocycles. The normalized spacial score (nSPS) is 16.6.